The maximum absolute atomic E-state index is 13.2. The molecule has 1 aliphatic rings. The Labute approximate surface area is 183 Å². The van der Waals surface area contributed by atoms with Gasteiger partial charge in [-0.25, -0.2) is 9.69 Å². The van der Waals surface area contributed by atoms with Crippen molar-refractivity contribution in [2.24, 2.45) is 5.92 Å². The number of ether oxygens (including phenoxy) is 1. The molecule has 3 atom stereocenters. The molecule has 0 radical (unpaired) electrons. The van der Waals surface area contributed by atoms with Crippen molar-refractivity contribution < 1.29 is 45.8 Å². The molecule has 1 fully saturated rings. The summed E-state index contributed by atoms with van der Waals surface area (Å²) >= 11 is 0. The minimum atomic E-state index is -5.14. The summed E-state index contributed by atoms with van der Waals surface area (Å²) in [6.07, 6.45) is -12.6. The zero-order chi connectivity index (χ0) is 24.6. The SMILES string of the molecule is C=C[C@H](C(=O)N1C(=O)OCC1c1ccccc1)C(O)c1cc(C(F)(F)F)cc(C(F)(F)F)c1. The summed E-state index contributed by atoms with van der Waals surface area (Å²) in [6, 6.07) is 7.84. The molecule has 2 unspecified atom stereocenters. The third-order valence-electron chi connectivity index (χ3n) is 5.13. The van der Waals surface area contributed by atoms with Gasteiger partial charge in [0.1, 0.15) is 12.6 Å². The van der Waals surface area contributed by atoms with Crippen LogP contribution in [-0.2, 0) is 21.9 Å². The molecule has 1 N–H and O–H groups in total. The molecule has 2 amide bonds. The molecule has 2 aromatic rings. The van der Waals surface area contributed by atoms with Crippen molar-refractivity contribution in [3.8, 4) is 0 Å². The molecule has 0 aliphatic carbocycles. The van der Waals surface area contributed by atoms with Crippen LogP contribution in [0.25, 0.3) is 0 Å². The standard InChI is InChI=1S/C22H17F6NO4/c1-2-16(19(31)29-17(11-33-20(29)32)12-6-4-3-5-7-12)18(30)13-8-14(21(23,24)25)10-15(9-13)22(26,27)28/h2-10,16-18,30H,1,11H2/t16-,17?,18?/m0/s1. The van der Waals surface area contributed by atoms with Crippen molar-refractivity contribution in [2.75, 3.05) is 6.61 Å². The van der Waals surface area contributed by atoms with E-state index in [1.54, 1.807) is 30.3 Å². The van der Waals surface area contributed by atoms with Gasteiger partial charge in [0, 0.05) is 0 Å². The maximum atomic E-state index is 13.2. The summed E-state index contributed by atoms with van der Waals surface area (Å²) in [7, 11) is 0. The quantitative estimate of drug-likeness (QED) is 0.474. The van der Waals surface area contributed by atoms with Crippen LogP contribution in [0.1, 0.15) is 34.4 Å². The van der Waals surface area contributed by atoms with E-state index < -0.39 is 59.1 Å². The second-order valence-corrected chi connectivity index (χ2v) is 7.26. The van der Waals surface area contributed by atoms with Gasteiger partial charge in [-0.2, -0.15) is 26.3 Å². The largest absolute Gasteiger partial charge is 0.446 e. The maximum Gasteiger partial charge on any atom is 0.417 e. The van der Waals surface area contributed by atoms with Crippen LogP contribution in [-0.4, -0.2) is 28.6 Å². The number of carbonyl (C=O) groups excluding carboxylic acids is 2. The average molecular weight is 473 g/mol. The lowest BCUT2D eigenvalue weighted by Gasteiger charge is -2.27. The van der Waals surface area contributed by atoms with Crippen LogP contribution < -0.4 is 0 Å². The molecule has 0 spiro atoms. The lowest BCUT2D eigenvalue weighted by Crippen LogP contribution is -2.40. The Morgan fingerprint density at radius 2 is 1.61 bits per heavy atom. The van der Waals surface area contributed by atoms with E-state index in [0.717, 1.165) is 6.08 Å². The Balaban J connectivity index is 2.00. The number of halogens is 6. The van der Waals surface area contributed by atoms with E-state index in [1.807, 2.05) is 0 Å². The molecule has 176 valence electrons. The highest BCUT2D eigenvalue weighted by Gasteiger charge is 2.44. The van der Waals surface area contributed by atoms with E-state index >= 15 is 0 Å². The number of carbonyl (C=O) groups is 2. The van der Waals surface area contributed by atoms with Crippen molar-refractivity contribution in [3.63, 3.8) is 0 Å². The molecule has 0 bridgehead atoms. The van der Waals surface area contributed by atoms with Crippen molar-refractivity contribution in [1.82, 2.24) is 4.90 Å². The van der Waals surface area contributed by atoms with Crippen molar-refractivity contribution in [3.05, 3.63) is 83.4 Å². The summed E-state index contributed by atoms with van der Waals surface area (Å²) in [5.74, 6) is -2.81. The van der Waals surface area contributed by atoms with E-state index in [4.69, 9.17) is 4.74 Å². The summed E-state index contributed by atoms with van der Waals surface area (Å²) < 4.78 is 83.9. The number of alkyl halides is 6. The van der Waals surface area contributed by atoms with Gasteiger partial charge in [0.25, 0.3) is 0 Å². The molecular formula is C22H17F6NO4. The van der Waals surface area contributed by atoms with Crippen LogP contribution in [0.2, 0.25) is 0 Å². The Hall–Kier alpha value is -3.34. The normalized spacial score (nSPS) is 18.6. The molecule has 0 aromatic heterocycles. The summed E-state index contributed by atoms with van der Waals surface area (Å²) in [4.78, 5) is 26.0. The first-order valence-electron chi connectivity index (χ1n) is 9.49. The van der Waals surface area contributed by atoms with Gasteiger partial charge in [-0.15, -0.1) is 6.58 Å². The van der Waals surface area contributed by atoms with E-state index in [0.29, 0.717) is 22.6 Å². The molecule has 3 rings (SSSR count). The number of hydrogen-bond acceptors (Lipinski definition) is 4. The van der Waals surface area contributed by atoms with Crippen molar-refractivity contribution in [1.29, 1.82) is 0 Å². The number of hydrogen-bond donors (Lipinski definition) is 1. The van der Waals surface area contributed by atoms with E-state index in [-0.39, 0.29) is 12.7 Å². The third-order valence-corrected chi connectivity index (χ3v) is 5.13. The molecule has 1 saturated heterocycles. The van der Waals surface area contributed by atoms with Crippen molar-refractivity contribution >= 4 is 12.0 Å². The number of benzene rings is 2. The molecule has 1 aliphatic heterocycles. The Kier molecular flexibility index (Phi) is 6.55. The molecule has 33 heavy (non-hydrogen) atoms. The fraction of sp³-hybridized carbons (Fsp3) is 0.273. The highest BCUT2D eigenvalue weighted by molar-refractivity contribution is 5.96. The monoisotopic (exact) mass is 473 g/mol. The van der Waals surface area contributed by atoms with E-state index in [9.17, 15) is 41.0 Å². The highest BCUT2D eigenvalue weighted by Crippen LogP contribution is 2.39. The predicted octanol–water partition coefficient (Wildman–Crippen LogP) is 5.28. The fourth-order valence-corrected chi connectivity index (χ4v) is 3.47. The van der Waals surface area contributed by atoms with Gasteiger partial charge in [0.15, 0.2) is 0 Å². The minimum Gasteiger partial charge on any atom is -0.446 e. The van der Waals surface area contributed by atoms with Crippen molar-refractivity contribution in [2.45, 2.75) is 24.5 Å². The van der Waals surface area contributed by atoms with Gasteiger partial charge in [-0.1, -0.05) is 36.4 Å². The van der Waals surface area contributed by atoms with Crippen LogP contribution in [0.4, 0.5) is 31.1 Å². The van der Waals surface area contributed by atoms with Crippen LogP contribution >= 0.6 is 0 Å². The number of imide groups is 1. The first kappa shape index (κ1) is 24.3. The van der Waals surface area contributed by atoms with Gasteiger partial charge in [-0.3, -0.25) is 4.79 Å². The predicted molar refractivity (Wildman–Crippen MR) is 102 cm³/mol. The topological polar surface area (TPSA) is 66.8 Å². The van der Waals surface area contributed by atoms with Gasteiger partial charge >= 0.3 is 18.4 Å². The zero-order valence-corrected chi connectivity index (χ0v) is 16.7. The Bertz CT molecular complexity index is 1020. The smallest absolute Gasteiger partial charge is 0.417 e. The van der Waals surface area contributed by atoms with Gasteiger partial charge in [0.2, 0.25) is 5.91 Å². The van der Waals surface area contributed by atoms with Gasteiger partial charge in [0.05, 0.1) is 23.1 Å². The molecule has 0 saturated carbocycles. The van der Waals surface area contributed by atoms with Crippen LogP contribution in [0.5, 0.6) is 0 Å². The van der Waals surface area contributed by atoms with Crippen LogP contribution in [0.15, 0.2) is 61.2 Å². The van der Waals surface area contributed by atoms with Crippen LogP contribution in [0.3, 0.4) is 0 Å². The third kappa shape index (κ3) is 5.03. The van der Waals surface area contributed by atoms with E-state index in [1.165, 1.54) is 0 Å². The number of amides is 2. The lowest BCUT2D eigenvalue weighted by atomic mass is 9.91. The molecule has 2 aromatic carbocycles. The average Bonchev–Trinajstić information content (AvgIpc) is 3.14. The second-order valence-electron chi connectivity index (χ2n) is 7.26. The highest BCUT2D eigenvalue weighted by atomic mass is 19.4. The van der Waals surface area contributed by atoms with E-state index in [2.05, 4.69) is 6.58 Å². The van der Waals surface area contributed by atoms with Gasteiger partial charge < -0.3 is 9.84 Å². The second kappa shape index (κ2) is 8.89. The molecule has 5 nitrogen and oxygen atoms in total. The lowest BCUT2D eigenvalue weighted by molar-refractivity contribution is -0.143. The number of aliphatic hydroxyl groups is 1. The summed E-state index contributed by atoms with van der Waals surface area (Å²) in [5, 5.41) is 10.6. The summed E-state index contributed by atoms with van der Waals surface area (Å²) in [6.45, 7) is 3.15. The summed E-state index contributed by atoms with van der Waals surface area (Å²) in [5.41, 5.74) is -3.60. The molecular weight excluding hydrogens is 456 g/mol. The Morgan fingerprint density at radius 1 is 1.06 bits per heavy atom. The number of nitrogens with zero attached hydrogens (tertiary/aromatic N) is 1. The number of aliphatic hydroxyl groups excluding tert-OH is 1. The number of rotatable bonds is 5. The first-order chi connectivity index (χ1) is 15.3. The fourth-order valence-electron chi connectivity index (χ4n) is 3.47. The number of cyclic esters (lactones) is 1. The molecule has 1 heterocycles. The zero-order valence-electron chi connectivity index (χ0n) is 16.7. The van der Waals surface area contributed by atoms with Gasteiger partial charge in [-0.05, 0) is 29.3 Å². The molecule has 11 heteroatoms. The van der Waals surface area contributed by atoms with Crippen LogP contribution in [0, 0.1) is 5.92 Å². The first-order valence-corrected chi connectivity index (χ1v) is 9.49. The minimum absolute atomic E-state index is 0.0930. The Morgan fingerprint density at radius 3 is 2.09 bits per heavy atom.